The molecule has 2 aromatic carbocycles. The maximum absolute atomic E-state index is 5.52. The van der Waals surface area contributed by atoms with Gasteiger partial charge in [0, 0.05) is 5.56 Å². The van der Waals surface area contributed by atoms with Crippen molar-refractivity contribution in [3.63, 3.8) is 0 Å². The number of ether oxygens (including phenoxy) is 1. The molecule has 0 unspecified atom stereocenters. The summed E-state index contributed by atoms with van der Waals surface area (Å²) in [5.74, 6) is 0.707. The minimum absolute atomic E-state index is 0.625. The predicted octanol–water partition coefficient (Wildman–Crippen LogP) is 5.28. The van der Waals surface area contributed by atoms with Gasteiger partial charge in [-0.05, 0) is 24.6 Å². The number of aryl methyl sites for hydroxylation is 1. The van der Waals surface area contributed by atoms with Gasteiger partial charge in [0.1, 0.15) is 10.8 Å². The van der Waals surface area contributed by atoms with Crippen molar-refractivity contribution in [1.29, 1.82) is 0 Å². The predicted molar refractivity (Wildman–Crippen MR) is 90.5 cm³/mol. The van der Waals surface area contributed by atoms with E-state index in [1.165, 1.54) is 10.8 Å². The van der Waals surface area contributed by atoms with Crippen molar-refractivity contribution in [2.24, 2.45) is 0 Å². The van der Waals surface area contributed by atoms with Gasteiger partial charge in [-0.15, -0.1) is 11.3 Å². The van der Waals surface area contributed by atoms with Gasteiger partial charge >= 0.3 is 0 Å². The van der Waals surface area contributed by atoms with Gasteiger partial charge in [-0.25, -0.2) is 4.98 Å². The van der Waals surface area contributed by atoms with Crippen LogP contribution >= 0.6 is 11.3 Å². The summed E-state index contributed by atoms with van der Waals surface area (Å²) in [6, 6.07) is 14.7. The highest BCUT2D eigenvalue weighted by Crippen LogP contribution is 2.35. The molecule has 3 heteroatoms. The Hall–Kier alpha value is -2.13. The molecule has 0 amide bonds. The monoisotopic (exact) mass is 295 g/mol. The maximum atomic E-state index is 5.52. The van der Waals surface area contributed by atoms with Gasteiger partial charge in [-0.1, -0.05) is 49.0 Å². The van der Waals surface area contributed by atoms with Crippen LogP contribution in [0.2, 0.25) is 0 Å². The van der Waals surface area contributed by atoms with Crippen molar-refractivity contribution in [3.05, 3.63) is 59.6 Å². The van der Waals surface area contributed by atoms with Crippen molar-refractivity contribution < 1.29 is 4.74 Å². The zero-order chi connectivity index (χ0) is 14.8. The number of hydrogen-bond donors (Lipinski definition) is 0. The fraction of sp³-hybridized carbons (Fsp3) is 0.167. The average molecular weight is 295 g/mol. The van der Waals surface area contributed by atoms with Crippen molar-refractivity contribution >= 4 is 27.9 Å². The molecule has 0 aliphatic carbocycles. The molecule has 1 aromatic heterocycles. The molecule has 0 saturated carbocycles. The maximum Gasteiger partial charge on any atom is 0.131 e. The van der Waals surface area contributed by atoms with Gasteiger partial charge in [0.2, 0.25) is 0 Å². The van der Waals surface area contributed by atoms with E-state index in [1.807, 2.05) is 13.8 Å². The van der Waals surface area contributed by atoms with E-state index in [4.69, 9.17) is 9.72 Å². The first-order valence-corrected chi connectivity index (χ1v) is 7.80. The molecule has 21 heavy (non-hydrogen) atoms. The van der Waals surface area contributed by atoms with Crippen molar-refractivity contribution in [2.75, 3.05) is 6.61 Å². The van der Waals surface area contributed by atoms with Crippen LogP contribution in [0.5, 0.6) is 0 Å². The summed E-state index contributed by atoms with van der Waals surface area (Å²) in [4.78, 5) is 5.74. The molecule has 1 heterocycles. The molecule has 0 atom stereocenters. The summed E-state index contributed by atoms with van der Waals surface area (Å²) in [6.45, 7) is 8.59. The zero-order valence-electron chi connectivity index (χ0n) is 12.2. The number of fused-ring (bicyclic) bond motifs is 1. The van der Waals surface area contributed by atoms with E-state index < -0.39 is 0 Å². The van der Waals surface area contributed by atoms with E-state index in [0.29, 0.717) is 12.4 Å². The van der Waals surface area contributed by atoms with E-state index in [9.17, 15) is 0 Å². The lowest BCUT2D eigenvalue weighted by Gasteiger charge is -2.04. The number of benzene rings is 2. The van der Waals surface area contributed by atoms with Crippen LogP contribution in [0.3, 0.4) is 0 Å². The fourth-order valence-electron chi connectivity index (χ4n) is 2.42. The molecular formula is C18H17NOS. The van der Waals surface area contributed by atoms with E-state index in [2.05, 4.69) is 49.0 Å². The topological polar surface area (TPSA) is 22.1 Å². The minimum Gasteiger partial charge on any atom is -0.493 e. The Labute approximate surface area is 128 Å². The summed E-state index contributed by atoms with van der Waals surface area (Å²) < 4.78 is 5.52. The molecule has 3 aromatic rings. The average Bonchev–Trinajstić information content (AvgIpc) is 2.89. The Morgan fingerprint density at radius 3 is 2.76 bits per heavy atom. The Balaban J connectivity index is 2.12. The molecular weight excluding hydrogens is 278 g/mol. The molecule has 0 spiro atoms. The number of rotatable bonds is 4. The second-order valence-electron chi connectivity index (χ2n) is 4.82. The largest absolute Gasteiger partial charge is 0.493 e. The van der Waals surface area contributed by atoms with Gasteiger partial charge < -0.3 is 4.74 Å². The van der Waals surface area contributed by atoms with Gasteiger partial charge in [0.25, 0.3) is 0 Å². The van der Waals surface area contributed by atoms with E-state index in [1.54, 1.807) is 11.3 Å². The SMILES string of the molecule is C=C(OCC)c1sc(-c2cccc3ccccc23)nc1C. The Morgan fingerprint density at radius 1 is 1.19 bits per heavy atom. The number of thiazole rings is 1. The van der Waals surface area contributed by atoms with Crippen molar-refractivity contribution in [1.82, 2.24) is 4.98 Å². The smallest absolute Gasteiger partial charge is 0.131 e. The van der Waals surface area contributed by atoms with Crippen LogP contribution in [-0.4, -0.2) is 11.6 Å². The highest BCUT2D eigenvalue weighted by Gasteiger charge is 2.14. The molecule has 0 fully saturated rings. The highest BCUT2D eigenvalue weighted by molar-refractivity contribution is 7.16. The summed E-state index contributed by atoms with van der Waals surface area (Å²) in [5, 5.41) is 3.47. The van der Waals surface area contributed by atoms with Crippen LogP contribution in [0.4, 0.5) is 0 Å². The van der Waals surface area contributed by atoms with Crippen LogP contribution in [-0.2, 0) is 4.74 Å². The fourth-order valence-corrected chi connectivity index (χ4v) is 3.45. The third-order valence-electron chi connectivity index (χ3n) is 3.39. The quantitative estimate of drug-likeness (QED) is 0.611. The number of nitrogens with zero attached hydrogens (tertiary/aromatic N) is 1. The first-order chi connectivity index (χ1) is 10.2. The van der Waals surface area contributed by atoms with Crippen LogP contribution in [0, 0.1) is 6.92 Å². The van der Waals surface area contributed by atoms with Crippen molar-refractivity contribution in [2.45, 2.75) is 13.8 Å². The van der Waals surface area contributed by atoms with Crippen LogP contribution in [0.15, 0.2) is 49.0 Å². The third kappa shape index (κ3) is 2.57. The first-order valence-electron chi connectivity index (χ1n) is 6.98. The lowest BCUT2D eigenvalue weighted by Crippen LogP contribution is -1.88. The second-order valence-corrected chi connectivity index (χ2v) is 5.82. The Kier molecular flexibility index (Phi) is 3.76. The molecule has 0 saturated heterocycles. The normalized spacial score (nSPS) is 10.8. The zero-order valence-corrected chi connectivity index (χ0v) is 13.0. The van der Waals surface area contributed by atoms with Crippen LogP contribution in [0.25, 0.3) is 27.1 Å². The van der Waals surface area contributed by atoms with E-state index in [0.717, 1.165) is 21.1 Å². The Bertz CT molecular complexity index is 799. The molecule has 0 aliphatic rings. The standard InChI is InChI=1S/C18H17NOS/c1-4-20-13(3)17-12(2)19-18(21-17)16-11-7-9-14-8-5-6-10-15(14)16/h5-11H,3-4H2,1-2H3. The minimum atomic E-state index is 0.625. The van der Waals surface area contributed by atoms with Gasteiger partial charge in [-0.3, -0.25) is 0 Å². The van der Waals surface area contributed by atoms with Gasteiger partial charge in [0.05, 0.1) is 17.2 Å². The summed E-state index contributed by atoms with van der Waals surface area (Å²) in [7, 11) is 0. The lowest BCUT2D eigenvalue weighted by molar-refractivity contribution is 0.300. The van der Waals surface area contributed by atoms with Gasteiger partial charge in [-0.2, -0.15) is 0 Å². The number of hydrogen-bond acceptors (Lipinski definition) is 3. The third-order valence-corrected chi connectivity index (χ3v) is 4.62. The molecule has 0 N–H and O–H groups in total. The molecule has 0 radical (unpaired) electrons. The molecule has 0 aliphatic heterocycles. The lowest BCUT2D eigenvalue weighted by atomic mass is 10.1. The summed E-state index contributed by atoms with van der Waals surface area (Å²) in [5.41, 5.74) is 2.14. The summed E-state index contributed by atoms with van der Waals surface area (Å²) in [6.07, 6.45) is 0. The molecule has 0 bridgehead atoms. The molecule has 3 rings (SSSR count). The highest BCUT2D eigenvalue weighted by atomic mass is 32.1. The molecule has 2 nitrogen and oxygen atoms in total. The second kappa shape index (κ2) is 5.70. The van der Waals surface area contributed by atoms with Crippen molar-refractivity contribution in [3.8, 4) is 10.6 Å². The Morgan fingerprint density at radius 2 is 1.95 bits per heavy atom. The van der Waals surface area contributed by atoms with Crippen LogP contribution < -0.4 is 0 Å². The van der Waals surface area contributed by atoms with E-state index in [-0.39, 0.29) is 0 Å². The first kappa shape index (κ1) is 13.8. The molecule has 106 valence electrons. The van der Waals surface area contributed by atoms with Gasteiger partial charge in [0.15, 0.2) is 0 Å². The summed E-state index contributed by atoms with van der Waals surface area (Å²) >= 11 is 1.64. The van der Waals surface area contributed by atoms with E-state index >= 15 is 0 Å². The van der Waals surface area contributed by atoms with Crippen LogP contribution in [0.1, 0.15) is 17.5 Å². The number of aromatic nitrogens is 1.